The minimum atomic E-state index is -0.576. The first kappa shape index (κ1) is 14.1. The Morgan fingerprint density at radius 3 is 2.68 bits per heavy atom. The van der Waals surface area contributed by atoms with Gasteiger partial charge in [-0.05, 0) is 28.9 Å². The highest BCUT2D eigenvalue weighted by atomic mass is 79.9. The quantitative estimate of drug-likeness (QED) is 0.898. The van der Waals surface area contributed by atoms with E-state index in [1.54, 1.807) is 17.9 Å². The molecule has 2 amide bonds. The summed E-state index contributed by atoms with van der Waals surface area (Å²) in [6.07, 6.45) is 1.41. The maximum Gasteiger partial charge on any atom is 0.256 e. The van der Waals surface area contributed by atoms with Gasteiger partial charge < -0.3 is 19.4 Å². The number of carbonyl (C=O) groups excluding carboxylic acids is 2. The van der Waals surface area contributed by atoms with Crippen LogP contribution in [0.5, 0.6) is 0 Å². The zero-order chi connectivity index (χ0) is 13.8. The van der Waals surface area contributed by atoms with E-state index in [1.807, 2.05) is 0 Å². The molecule has 7 heteroatoms. The van der Waals surface area contributed by atoms with Crippen molar-refractivity contribution in [2.75, 3.05) is 26.3 Å². The monoisotopic (exact) mass is 330 g/mol. The molecule has 1 atom stereocenters. The van der Waals surface area contributed by atoms with E-state index >= 15 is 0 Å². The molecule has 1 fully saturated rings. The number of nitrogens with one attached hydrogen (secondary N) is 1. The van der Waals surface area contributed by atoms with Crippen LogP contribution in [0.2, 0.25) is 0 Å². The highest BCUT2D eigenvalue weighted by molar-refractivity contribution is 9.10. The molecule has 0 aromatic carbocycles. The molecule has 1 aromatic rings. The highest BCUT2D eigenvalue weighted by Crippen LogP contribution is 2.17. The number of nitrogens with zero attached hydrogens (tertiary/aromatic N) is 1. The fraction of sp³-hybridized carbons (Fsp3) is 0.500. The van der Waals surface area contributed by atoms with Crippen LogP contribution >= 0.6 is 15.9 Å². The van der Waals surface area contributed by atoms with Gasteiger partial charge in [-0.25, -0.2) is 0 Å². The van der Waals surface area contributed by atoms with E-state index in [-0.39, 0.29) is 11.8 Å². The van der Waals surface area contributed by atoms with Gasteiger partial charge in [0.2, 0.25) is 5.91 Å². The first-order chi connectivity index (χ1) is 9.09. The van der Waals surface area contributed by atoms with Crippen molar-refractivity contribution in [3.8, 4) is 0 Å². The third kappa shape index (κ3) is 3.36. The number of morpholine rings is 1. The van der Waals surface area contributed by atoms with E-state index in [0.717, 1.165) is 0 Å². The van der Waals surface area contributed by atoms with E-state index in [4.69, 9.17) is 9.15 Å². The number of amides is 2. The number of carbonyl (C=O) groups is 2. The molecule has 19 heavy (non-hydrogen) atoms. The zero-order valence-corrected chi connectivity index (χ0v) is 12.1. The van der Waals surface area contributed by atoms with E-state index in [0.29, 0.717) is 36.5 Å². The number of halogens is 1. The fourth-order valence-electron chi connectivity index (χ4n) is 1.85. The van der Waals surface area contributed by atoms with Gasteiger partial charge in [0.1, 0.15) is 6.04 Å². The maximum absolute atomic E-state index is 12.1. The van der Waals surface area contributed by atoms with Gasteiger partial charge in [-0.1, -0.05) is 0 Å². The van der Waals surface area contributed by atoms with Crippen LogP contribution in [0.15, 0.2) is 21.4 Å². The molecule has 104 valence electrons. The Morgan fingerprint density at radius 2 is 2.11 bits per heavy atom. The lowest BCUT2D eigenvalue weighted by Gasteiger charge is -2.29. The molecule has 0 spiro atoms. The molecule has 1 aromatic heterocycles. The Hall–Kier alpha value is -1.34. The van der Waals surface area contributed by atoms with E-state index < -0.39 is 6.04 Å². The predicted molar refractivity (Wildman–Crippen MR) is 70.7 cm³/mol. The Bertz CT molecular complexity index is 468. The second kappa shape index (κ2) is 6.21. The van der Waals surface area contributed by atoms with Gasteiger partial charge in [-0.2, -0.15) is 0 Å². The fourth-order valence-corrected chi connectivity index (χ4v) is 2.27. The Labute approximate surface area is 119 Å². The summed E-state index contributed by atoms with van der Waals surface area (Å²) in [6.45, 7) is 3.88. The van der Waals surface area contributed by atoms with Crippen molar-refractivity contribution < 1.29 is 18.7 Å². The summed E-state index contributed by atoms with van der Waals surface area (Å²) in [5, 5.41) is 2.66. The highest BCUT2D eigenvalue weighted by Gasteiger charge is 2.24. The van der Waals surface area contributed by atoms with Crippen molar-refractivity contribution >= 4 is 27.7 Å². The topological polar surface area (TPSA) is 71.8 Å². The van der Waals surface area contributed by atoms with Gasteiger partial charge in [0.25, 0.3) is 5.91 Å². The molecule has 1 N–H and O–H groups in total. The van der Waals surface area contributed by atoms with Gasteiger partial charge in [-0.15, -0.1) is 0 Å². The van der Waals surface area contributed by atoms with Crippen LogP contribution in [0, 0.1) is 0 Å². The van der Waals surface area contributed by atoms with E-state index in [9.17, 15) is 9.59 Å². The van der Waals surface area contributed by atoms with Gasteiger partial charge in [0, 0.05) is 13.1 Å². The SMILES string of the molecule is CC(NC(=O)c1ccoc1Br)C(=O)N1CCOCC1. The van der Waals surface area contributed by atoms with Crippen LogP contribution < -0.4 is 5.32 Å². The number of ether oxygens (including phenoxy) is 1. The molecule has 1 saturated heterocycles. The van der Waals surface area contributed by atoms with Crippen molar-refractivity contribution in [2.45, 2.75) is 13.0 Å². The lowest BCUT2D eigenvalue weighted by molar-refractivity contribution is -0.136. The Morgan fingerprint density at radius 1 is 1.42 bits per heavy atom. The van der Waals surface area contributed by atoms with Crippen LogP contribution in [-0.2, 0) is 9.53 Å². The first-order valence-corrected chi connectivity index (χ1v) is 6.79. The first-order valence-electron chi connectivity index (χ1n) is 6.00. The maximum atomic E-state index is 12.1. The molecule has 0 radical (unpaired) electrons. The van der Waals surface area contributed by atoms with Crippen LogP contribution in [0.25, 0.3) is 0 Å². The van der Waals surface area contributed by atoms with Crippen LogP contribution in [0.1, 0.15) is 17.3 Å². The normalized spacial score (nSPS) is 17.1. The molecule has 1 unspecified atom stereocenters. The van der Waals surface area contributed by atoms with Crippen molar-refractivity contribution in [3.05, 3.63) is 22.6 Å². The van der Waals surface area contributed by atoms with Crippen LogP contribution in [-0.4, -0.2) is 49.1 Å². The lowest BCUT2D eigenvalue weighted by Crippen LogP contribution is -2.50. The van der Waals surface area contributed by atoms with E-state index in [1.165, 1.54) is 6.26 Å². The number of hydrogen-bond acceptors (Lipinski definition) is 4. The minimum Gasteiger partial charge on any atom is -0.457 e. The van der Waals surface area contributed by atoms with Crippen LogP contribution in [0.4, 0.5) is 0 Å². The number of hydrogen-bond donors (Lipinski definition) is 1. The molecule has 1 aliphatic rings. The van der Waals surface area contributed by atoms with Crippen LogP contribution in [0.3, 0.4) is 0 Å². The summed E-state index contributed by atoms with van der Waals surface area (Å²) in [5.41, 5.74) is 0.377. The molecule has 2 heterocycles. The lowest BCUT2D eigenvalue weighted by atomic mass is 10.2. The van der Waals surface area contributed by atoms with Crippen molar-refractivity contribution in [1.82, 2.24) is 10.2 Å². The average Bonchev–Trinajstić information content (AvgIpc) is 2.85. The average molecular weight is 331 g/mol. The van der Waals surface area contributed by atoms with Crippen molar-refractivity contribution in [3.63, 3.8) is 0 Å². The third-order valence-electron chi connectivity index (χ3n) is 2.90. The second-order valence-electron chi connectivity index (χ2n) is 4.24. The summed E-state index contributed by atoms with van der Waals surface area (Å²) in [5.74, 6) is -0.439. The van der Waals surface area contributed by atoms with Gasteiger partial charge in [0.05, 0.1) is 25.0 Å². The third-order valence-corrected chi connectivity index (χ3v) is 3.52. The number of rotatable bonds is 3. The molecule has 0 bridgehead atoms. The largest absolute Gasteiger partial charge is 0.457 e. The molecule has 1 aliphatic heterocycles. The van der Waals surface area contributed by atoms with Gasteiger partial charge >= 0.3 is 0 Å². The Balaban J connectivity index is 1.93. The van der Waals surface area contributed by atoms with Gasteiger partial charge in [-0.3, -0.25) is 9.59 Å². The minimum absolute atomic E-state index is 0.101. The summed E-state index contributed by atoms with van der Waals surface area (Å²) >= 11 is 3.13. The summed E-state index contributed by atoms with van der Waals surface area (Å²) < 4.78 is 10.5. The predicted octanol–water partition coefficient (Wildman–Crippen LogP) is 1.02. The van der Waals surface area contributed by atoms with Gasteiger partial charge in [0.15, 0.2) is 4.67 Å². The summed E-state index contributed by atoms with van der Waals surface area (Å²) in [4.78, 5) is 25.7. The standard InChI is InChI=1S/C12H15BrN2O4/c1-8(12(17)15-3-6-18-7-4-15)14-11(16)9-2-5-19-10(9)13/h2,5,8H,3-4,6-7H2,1H3,(H,14,16). The smallest absolute Gasteiger partial charge is 0.256 e. The molecule has 0 saturated carbocycles. The Kier molecular flexibility index (Phi) is 4.60. The number of furan rings is 1. The molecule has 0 aliphatic carbocycles. The molecular weight excluding hydrogens is 316 g/mol. The summed E-state index contributed by atoms with van der Waals surface area (Å²) in [7, 11) is 0. The van der Waals surface area contributed by atoms with Crippen molar-refractivity contribution in [2.24, 2.45) is 0 Å². The van der Waals surface area contributed by atoms with E-state index in [2.05, 4.69) is 21.2 Å². The molecular formula is C12H15BrN2O4. The zero-order valence-electron chi connectivity index (χ0n) is 10.5. The molecule has 2 rings (SSSR count). The molecule has 6 nitrogen and oxygen atoms in total. The van der Waals surface area contributed by atoms with Crippen molar-refractivity contribution in [1.29, 1.82) is 0 Å². The summed E-state index contributed by atoms with van der Waals surface area (Å²) in [6, 6.07) is 0.970. The second-order valence-corrected chi connectivity index (χ2v) is 4.96.